The number of aromatic nitrogens is 1. The molecule has 0 saturated carbocycles. The van der Waals surface area contributed by atoms with Crippen LogP contribution in [0.4, 0.5) is 0 Å². The summed E-state index contributed by atoms with van der Waals surface area (Å²) in [6.45, 7) is 1.47. The van der Waals surface area contributed by atoms with Gasteiger partial charge in [0.2, 0.25) is 0 Å². The topological polar surface area (TPSA) is 22.0 Å². The molecule has 0 spiro atoms. The Hall–Kier alpha value is -1.05. The SMILES string of the molecule is [2H]c1ccn(C)c1C(C)=O. The van der Waals surface area contributed by atoms with Crippen molar-refractivity contribution in [2.45, 2.75) is 6.92 Å². The van der Waals surface area contributed by atoms with E-state index in [-0.39, 0.29) is 5.78 Å². The molecule has 0 bridgehead atoms. The second kappa shape index (κ2) is 2.05. The maximum Gasteiger partial charge on any atom is 0.176 e. The van der Waals surface area contributed by atoms with Gasteiger partial charge < -0.3 is 4.57 Å². The molecule has 0 aliphatic heterocycles. The van der Waals surface area contributed by atoms with E-state index in [1.54, 1.807) is 23.9 Å². The van der Waals surface area contributed by atoms with E-state index < -0.39 is 0 Å². The van der Waals surface area contributed by atoms with Gasteiger partial charge in [-0.1, -0.05) is 0 Å². The zero-order valence-corrected chi connectivity index (χ0v) is 5.51. The third-order valence-electron chi connectivity index (χ3n) is 1.20. The lowest BCUT2D eigenvalue weighted by molar-refractivity contribution is 0.101. The van der Waals surface area contributed by atoms with E-state index in [0.29, 0.717) is 11.7 Å². The van der Waals surface area contributed by atoms with Gasteiger partial charge in [0.15, 0.2) is 5.78 Å². The molecule has 1 heterocycles. The Balaban J connectivity index is 3.23. The van der Waals surface area contributed by atoms with Gasteiger partial charge in [-0.25, -0.2) is 0 Å². The van der Waals surface area contributed by atoms with E-state index in [1.807, 2.05) is 0 Å². The Kier molecular flexibility index (Phi) is 1.09. The summed E-state index contributed by atoms with van der Waals surface area (Å²) in [7, 11) is 1.76. The molecule has 9 heavy (non-hydrogen) atoms. The third-order valence-corrected chi connectivity index (χ3v) is 1.20. The number of hydrogen-bond donors (Lipinski definition) is 0. The van der Waals surface area contributed by atoms with Crippen molar-refractivity contribution in [3.05, 3.63) is 24.0 Å². The number of nitrogens with zero attached hydrogens (tertiary/aromatic N) is 1. The van der Waals surface area contributed by atoms with Crippen LogP contribution in [-0.2, 0) is 7.05 Å². The van der Waals surface area contributed by atoms with E-state index in [1.165, 1.54) is 6.92 Å². The second-order valence-corrected chi connectivity index (χ2v) is 1.98. The Morgan fingerprint density at radius 2 is 2.56 bits per heavy atom. The summed E-state index contributed by atoms with van der Waals surface area (Å²) in [5, 5.41) is 0. The highest BCUT2D eigenvalue weighted by Gasteiger charge is 1.99. The molecule has 48 valence electrons. The van der Waals surface area contributed by atoms with E-state index in [4.69, 9.17) is 1.37 Å². The molecule has 0 unspecified atom stereocenters. The van der Waals surface area contributed by atoms with Crippen LogP contribution in [0.25, 0.3) is 0 Å². The van der Waals surface area contributed by atoms with Crippen LogP contribution in [0.3, 0.4) is 0 Å². The normalized spacial score (nSPS) is 11.1. The minimum absolute atomic E-state index is 0.0579. The van der Waals surface area contributed by atoms with Gasteiger partial charge in [0.1, 0.15) is 0 Å². The quantitative estimate of drug-likeness (QED) is 0.516. The molecule has 2 nitrogen and oxygen atoms in total. The number of Topliss-reactive ketones (excluding diaryl/α,β-unsaturated/α-hetero) is 1. The number of rotatable bonds is 1. The van der Waals surface area contributed by atoms with Crippen LogP contribution in [0, 0.1) is 0 Å². The van der Waals surface area contributed by atoms with Gasteiger partial charge in [0.05, 0.1) is 7.06 Å². The Labute approximate surface area is 55.5 Å². The van der Waals surface area contributed by atoms with Crippen molar-refractivity contribution in [3.8, 4) is 0 Å². The van der Waals surface area contributed by atoms with Crippen molar-refractivity contribution in [1.82, 2.24) is 4.57 Å². The lowest BCUT2D eigenvalue weighted by Gasteiger charge is -1.94. The molecule has 0 saturated heterocycles. The molecular weight excluding hydrogens is 114 g/mol. The van der Waals surface area contributed by atoms with E-state index >= 15 is 0 Å². The monoisotopic (exact) mass is 124 g/mol. The fourth-order valence-corrected chi connectivity index (χ4v) is 0.754. The third kappa shape index (κ3) is 1.02. The molecule has 0 fully saturated rings. The van der Waals surface area contributed by atoms with Gasteiger partial charge >= 0.3 is 0 Å². The summed E-state index contributed by atoms with van der Waals surface area (Å²) < 4.78 is 8.94. The van der Waals surface area contributed by atoms with Crippen LogP contribution in [0.5, 0.6) is 0 Å². The van der Waals surface area contributed by atoms with Crippen molar-refractivity contribution in [1.29, 1.82) is 0 Å². The summed E-state index contributed by atoms with van der Waals surface area (Å²) in [4.78, 5) is 10.8. The first-order valence-electron chi connectivity index (χ1n) is 3.26. The van der Waals surface area contributed by atoms with Crippen molar-refractivity contribution < 1.29 is 6.17 Å². The summed E-state index contributed by atoms with van der Waals surface area (Å²) in [5.74, 6) is -0.0579. The molecule has 0 atom stereocenters. The van der Waals surface area contributed by atoms with Crippen LogP contribution < -0.4 is 0 Å². The predicted molar refractivity (Wildman–Crippen MR) is 35.4 cm³/mol. The van der Waals surface area contributed by atoms with Gasteiger partial charge in [-0.15, -0.1) is 0 Å². The number of ketones is 1. The van der Waals surface area contributed by atoms with Crippen LogP contribution >= 0.6 is 0 Å². The summed E-state index contributed by atoms with van der Waals surface area (Å²) >= 11 is 0. The van der Waals surface area contributed by atoms with E-state index in [0.717, 1.165) is 0 Å². The van der Waals surface area contributed by atoms with Crippen LogP contribution in [0.1, 0.15) is 18.8 Å². The highest BCUT2D eigenvalue weighted by Crippen LogP contribution is 1.98. The van der Waals surface area contributed by atoms with Crippen molar-refractivity contribution in [2.24, 2.45) is 7.05 Å². The highest BCUT2D eigenvalue weighted by molar-refractivity contribution is 5.92. The van der Waals surface area contributed by atoms with E-state index in [9.17, 15) is 4.79 Å². The Morgan fingerprint density at radius 3 is 2.78 bits per heavy atom. The summed E-state index contributed by atoms with van der Waals surface area (Å²) in [6.07, 6.45) is 1.71. The molecule has 0 amide bonds. The first kappa shape index (κ1) is 4.79. The lowest BCUT2D eigenvalue weighted by Crippen LogP contribution is -1.99. The van der Waals surface area contributed by atoms with Crippen LogP contribution in [0.2, 0.25) is 0 Å². The van der Waals surface area contributed by atoms with Gasteiger partial charge in [-0.2, -0.15) is 0 Å². The maximum atomic E-state index is 10.8. The van der Waals surface area contributed by atoms with E-state index in [2.05, 4.69) is 0 Å². The Bertz CT molecular complexity index is 245. The zero-order chi connectivity index (χ0) is 7.72. The molecule has 2 heteroatoms. The molecule has 0 aromatic carbocycles. The minimum atomic E-state index is -0.0579. The Morgan fingerprint density at radius 1 is 1.89 bits per heavy atom. The number of carbonyl (C=O) groups excluding carboxylic acids is 1. The number of aryl methyl sites for hydroxylation is 1. The zero-order valence-electron chi connectivity index (χ0n) is 6.51. The number of carbonyl (C=O) groups is 1. The molecule has 1 aromatic heterocycles. The molecule has 1 aromatic rings. The average molecular weight is 124 g/mol. The average Bonchev–Trinajstić information content (AvgIpc) is 2.11. The smallest absolute Gasteiger partial charge is 0.176 e. The van der Waals surface area contributed by atoms with Crippen molar-refractivity contribution in [2.75, 3.05) is 0 Å². The maximum absolute atomic E-state index is 10.8. The minimum Gasteiger partial charge on any atom is -0.348 e. The lowest BCUT2D eigenvalue weighted by atomic mass is 10.3. The molecular formula is C7H9NO. The molecule has 1 rings (SSSR count). The van der Waals surface area contributed by atoms with Crippen LogP contribution in [0.15, 0.2) is 18.3 Å². The largest absolute Gasteiger partial charge is 0.348 e. The standard InChI is InChI=1S/C7H9NO/c1-6(9)7-4-3-5-8(7)2/h3-5H,1-2H3/i4D. The van der Waals surface area contributed by atoms with Crippen molar-refractivity contribution in [3.63, 3.8) is 0 Å². The first-order chi connectivity index (χ1) is 4.63. The molecule has 0 aliphatic rings. The van der Waals surface area contributed by atoms with Gasteiger partial charge in [0.25, 0.3) is 0 Å². The predicted octanol–water partition coefficient (Wildman–Crippen LogP) is 1.23. The molecule has 0 N–H and O–H groups in total. The van der Waals surface area contributed by atoms with Crippen LogP contribution in [-0.4, -0.2) is 10.4 Å². The van der Waals surface area contributed by atoms with Gasteiger partial charge in [-0.05, 0) is 12.1 Å². The van der Waals surface area contributed by atoms with Gasteiger partial charge in [-0.3, -0.25) is 4.79 Å². The highest BCUT2D eigenvalue weighted by atomic mass is 16.1. The molecule has 0 aliphatic carbocycles. The second-order valence-electron chi connectivity index (χ2n) is 1.98. The first-order valence-corrected chi connectivity index (χ1v) is 2.76. The molecule has 0 radical (unpaired) electrons. The summed E-state index contributed by atoms with van der Waals surface area (Å²) in [6, 6.07) is 1.91. The summed E-state index contributed by atoms with van der Waals surface area (Å²) in [5.41, 5.74) is 0.472. The fraction of sp³-hybridized carbons (Fsp3) is 0.286. The fourth-order valence-electron chi connectivity index (χ4n) is 0.754. The van der Waals surface area contributed by atoms with Gasteiger partial charge in [0, 0.05) is 20.2 Å². The van der Waals surface area contributed by atoms with Crippen molar-refractivity contribution >= 4 is 5.78 Å². The number of hydrogen-bond acceptors (Lipinski definition) is 1.